The smallest absolute Gasteiger partial charge is 0.225 e. The number of rotatable bonds is 6. The predicted octanol–water partition coefficient (Wildman–Crippen LogP) is 3.76. The molecule has 2 heterocycles. The lowest BCUT2D eigenvalue weighted by atomic mass is 10.1. The first-order chi connectivity index (χ1) is 12.2. The zero-order chi connectivity index (χ0) is 17.8. The van der Waals surface area contributed by atoms with Crippen LogP contribution in [0.4, 0.5) is 5.82 Å². The number of imidazole rings is 1. The Labute approximate surface area is 146 Å². The van der Waals surface area contributed by atoms with E-state index in [4.69, 9.17) is 9.47 Å². The molecule has 0 atom stereocenters. The van der Waals surface area contributed by atoms with Crippen LogP contribution >= 0.6 is 0 Å². The van der Waals surface area contributed by atoms with Crippen molar-refractivity contribution in [3.63, 3.8) is 0 Å². The lowest BCUT2D eigenvalue weighted by molar-refractivity contribution is -0.116. The maximum atomic E-state index is 12.2. The number of hydrogen-bond donors (Lipinski definition) is 1. The Bertz CT molecular complexity index is 902. The molecular formula is C19H21N3O3. The highest BCUT2D eigenvalue weighted by Crippen LogP contribution is 2.35. The van der Waals surface area contributed by atoms with Gasteiger partial charge in [-0.25, -0.2) is 4.98 Å². The van der Waals surface area contributed by atoms with Crippen LogP contribution in [0.3, 0.4) is 0 Å². The van der Waals surface area contributed by atoms with Gasteiger partial charge in [0.25, 0.3) is 0 Å². The van der Waals surface area contributed by atoms with E-state index in [0.717, 1.165) is 17.6 Å². The highest BCUT2D eigenvalue weighted by molar-refractivity contribution is 5.94. The average Bonchev–Trinajstić information content (AvgIpc) is 3.00. The van der Waals surface area contributed by atoms with Gasteiger partial charge < -0.3 is 14.8 Å². The zero-order valence-electron chi connectivity index (χ0n) is 14.6. The summed E-state index contributed by atoms with van der Waals surface area (Å²) in [6.45, 7) is 1.98. The normalized spacial score (nSPS) is 10.7. The zero-order valence-corrected chi connectivity index (χ0v) is 14.6. The molecule has 0 saturated carbocycles. The van der Waals surface area contributed by atoms with Crippen LogP contribution in [0.1, 0.15) is 19.8 Å². The summed E-state index contributed by atoms with van der Waals surface area (Å²) in [5, 5.41) is 2.99. The predicted molar refractivity (Wildman–Crippen MR) is 97.3 cm³/mol. The first-order valence-electron chi connectivity index (χ1n) is 8.17. The van der Waals surface area contributed by atoms with Gasteiger partial charge in [0, 0.05) is 18.2 Å². The SMILES string of the molecule is CCCC(=O)Nc1c(-c2ccc(OC)c(OC)c2)nc2ccccn12. The topological polar surface area (TPSA) is 64.9 Å². The maximum absolute atomic E-state index is 12.2. The lowest BCUT2D eigenvalue weighted by Crippen LogP contribution is -2.13. The summed E-state index contributed by atoms with van der Waals surface area (Å²) in [5.74, 6) is 1.88. The van der Waals surface area contributed by atoms with Crippen molar-refractivity contribution in [3.8, 4) is 22.8 Å². The van der Waals surface area contributed by atoms with E-state index in [1.54, 1.807) is 14.2 Å². The molecular weight excluding hydrogens is 318 g/mol. The number of aromatic nitrogens is 2. The third kappa shape index (κ3) is 3.28. The molecule has 0 bridgehead atoms. The van der Waals surface area contributed by atoms with Crippen LogP contribution in [0.5, 0.6) is 11.5 Å². The minimum Gasteiger partial charge on any atom is -0.493 e. The molecule has 3 rings (SSSR count). The summed E-state index contributed by atoms with van der Waals surface area (Å²) < 4.78 is 12.6. The average molecular weight is 339 g/mol. The number of fused-ring (bicyclic) bond motifs is 1. The van der Waals surface area contributed by atoms with Crippen LogP contribution in [0.2, 0.25) is 0 Å². The Hall–Kier alpha value is -3.02. The van der Waals surface area contributed by atoms with Gasteiger partial charge in [-0.1, -0.05) is 13.0 Å². The first-order valence-corrected chi connectivity index (χ1v) is 8.17. The molecule has 0 aliphatic rings. The largest absolute Gasteiger partial charge is 0.493 e. The Balaban J connectivity index is 2.13. The van der Waals surface area contributed by atoms with E-state index in [0.29, 0.717) is 29.4 Å². The number of hydrogen-bond acceptors (Lipinski definition) is 4. The standard InChI is InChI=1S/C19H21N3O3/c1-4-7-17(23)21-19-18(20-16-8-5-6-11-22(16)19)13-9-10-14(24-2)15(12-13)25-3/h5-6,8-12H,4,7H2,1-3H3,(H,21,23). The molecule has 130 valence electrons. The molecule has 25 heavy (non-hydrogen) atoms. The van der Waals surface area contributed by atoms with Crippen molar-refractivity contribution in [3.05, 3.63) is 42.6 Å². The lowest BCUT2D eigenvalue weighted by Gasteiger charge is -2.10. The molecule has 2 aromatic heterocycles. The molecule has 1 aromatic carbocycles. The number of carbonyl (C=O) groups is 1. The molecule has 6 nitrogen and oxygen atoms in total. The third-order valence-electron chi connectivity index (χ3n) is 3.92. The Morgan fingerprint density at radius 2 is 1.96 bits per heavy atom. The van der Waals surface area contributed by atoms with Gasteiger partial charge in [-0.3, -0.25) is 9.20 Å². The number of anilines is 1. The highest BCUT2D eigenvalue weighted by atomic mass is 16.5. The summed E-state index contributed by atoms with van der Waals surface area (Å²) in [6.07, 6.45) is 3.13. The number of nitrogens with one attached hydrogen (secondary N) is 1. The fourth-order valence-electron chi connectivity index (χ4n) is 2.72. The van der Waals surface area contributed by atoms with Crippen molar-refractivity contribution in [2.24, 2.45) is 0 Å². The molecule has 0 radical (unpaired) electrons. The van der Waals surface area contributed by atoms with Gasteiger partial charge in [0.15, 0.2) is 11.5 Å². The fourth-order valence-corrected chi connectivity index (χ4v) is 2.72. The monoisotopic (exact) mass is 339 g/mol. The molecule has 0 saturated heterocycles. The first kappa shape index (κ1) is 16.8. The summed E-state index contributed by atoms with van der Waals surface area (Å²) in [5.41, 5.74) is 2.30. The highest BCUT2D eigenvalue weighted by Gasteiger charge is 2.17. The minimum absolute atomic E-state index is 0.0325. The van der Waals surface area contributed by atoms with Crippen molar-refractivity contribution in [1.29, 1.82) is 0 Å². The molecule has 0 aliphatic heterocycles. The van der Waals surface area contributed by atoms with E-state index >= 15 is 0 Å². The van der Waals surface area contributed by atoms with E-state index in [2.05, 4.69) is 10.3 Å². The van der Waals surface area contributed by atoms with E-state index in [1.807, 2.05) is 53.9 Å². The summed E-state index contributed by atoms with van der Waals surface area (Å²) in [4.78, 5) is 16.8. The van der Waals surface area contributed by atoms with Gasteiger partial charge >= 0.3 is 0 Å². The number of carbonyl (C=O) groups excluding carboxylic acids is 1. The Morgan fingerprint density at radius 3 is 2.68 bits per heavy atom. The number of nitrogens with zero attached hydrogens (tertiary/aromatic N) is 2. The van der Waals surface area contributed by atoms with E-state index < -0.39 is 0 Å². The van der Waals surface area contributed by atoms with Crippen LogP contribution in [-0.2, 0) is 4.79 Å². The van der Waals surface area contributed by atoms with Crippen LogP contribution in [0.15, 0.2) is 42.6 Å². The van der Waals surface area contributed by atoms with Crippen LogP contribution in [0.25, 0.3) is 16.9 Å². The van der Waals surface area contributed by atoms with Crippen molar-refractivity contribution in [1.82, 2.24) is 9.38 Å². The number of ether oxygens (including phenoxy) is 2. The van der Waals surface area contributed by atoms with Crippen molar-refractivity contribution in [2.75, 3.05) is 19.5 Å². The number of methoxy groups -OCH3 is 2. The molecule has 0 spiro atoms. The van der Waals surface area contributed by atoms with Crippen LogP contribution in [-0.4, -0.2) is 29.5 Å². The van der Waals surface area contributed by atoms with Gasteiger partial charge in [-0.05, 0) is 36.8 Å². The van der Waals surface area contributed by atoms with Crippen molar-refractivity contribution >= 4 is 17.4 Å². The molecule has 3 aromatic rings. The minimum atomic E-state index is -0.0325. The molecule has 1 N–H and O–H groups in total. The quantitative estimate of drug-likeness (QED) is 0.743. The van der Waals surface area contributed by atoms with Crippen LogP contribution < -0.4 is 14.8 Å². The number of benzene rings is 1. The molecule has 0 aliphatic carbocycles. The second-order valence-corrected chi connectivity index (χ2v) is 5.61. The third-order valence-corrected chi connectivity index (χ3v) is 3.92. The van der Waals surface area contributed by atoms with Gasteiger partial charge in [-0.2, -0.15) is 0 Å². The van der Waals surface area contributed by atoms with Gasteiger partial charge in [0.05, 0.1) is 14.2 Å². The summed E-state index contributed by atoms with van der Waals surface area (Å²) >= 11 is 0. The molecule has 6 heteroatoms. The van der Waals surface area contributed by atoms with Gasteiger partial charge in [0.2, 0.25) is 5.91 Å². The Kier molecular flexibility index (Phi) is 4.88. The number of pyridine rings is 1. The van der Waals surface area contributed by atoms with E-state index in [9.17, 15) is 4.79 Å². The second kappa shape index (κ2) is 7.25. The van der Waals surface area contributed by atoms with Crippen molar-refractivity contribution < 1.29 is 14.3 Å². The summed E-state index contributed by atoms with van der Waals surface area (Å²) in [6, 6.07) is 11.3. The van der Waals surface area contributed by atoms with Gasteiger partial charge in [0.1, 0.15) is 17.2 Å². The van der Waals surface area contributed by atoms with Crippen LogP contribution in [0, 0.1) is 0 Å². The Morgan fingerprint density at radius 1 is 1.16 bits per heavy atom. The van der Waals surface area contributed by atoms with Crippen molar-refractivity contribution in [2.45, 2.75) is 19.8 Å². The summed E-state index contributed by atoms with van der Waals surface area (Å²) in [7, 11) is 3.19. The maximum Gasteiger partial charge on any atom is 0.225 e. The van der Waals surface area contributed by atoms with E-state index in [1.165, 1.54) is 0 Å². The molecule has 0 fully saturated rings. The molecule has 1 amide bonds. The molecule has 0 unspecified atom stereocenters. The van der Waals surface area contributed by atoms with E-state index in [-0.39, 0.29) is 5.91 Å². The van der Waals surface area contributed by atoms with Gasteiger partial charge in [-0.15, -0.1) is 0 Å². The number of amides is 1. The second-order valence-electron chi connectivity index (χ2n) is 5.61. The fraction of sp³-hybridized carbons (Fsp3) is 0.263.